The number of hydrazine groups is 1. The molecule has 1 saturated heterocycles. The third kappa shape index (κ3) is 2.38. The summed E-state index contributed by atoms with van der Waals surface area (Å²) in [4.78, 5) is 4.21. The Labute approximate surface area is 128 Å². The first-order valence-electron chi connectivity index (χ1n) is 6.89. The van der Waals surface area contributed by atoms with Crippen LogP contribution >= 0.6 is 11.6 Å². The molecular formula is C14H17ClN6. The maximum Gasteiger partial charge on any atom is 0.174 e. The van der Waals surface area contributed by atoms with E-state index in [4.69, 9.17) is 22.7 Å². The SMILES string of the molecule is CC1(C)CCC(c2cc(Cl)nc3c(C#N)cnn23)CN1N. The van der Waals surface area contributed by atoms with Crippen molar-refractivity contribution in [3.63, 3.8) is 0 Å². The molecule has 0 spiro atoms. The van der Waals surface area contributed by atoms with E-state index in [0.717, 1.165) is 25.1 Å². The van der Waals surface area contributed by atoms with Crippen LogP contribution in [-0.4, -0.2) is 31.7 Å². The van der Waals surface area contributed by atoms with Gasteiger partial charge in [0.15, 0.2) is 5.65 Å². The number of nitrogens with zero attached hydrogens (tertiary/aromatic N) is 5. The molecule has 1 fully saturated rings. The molecule has 1 aliphatic rings. The highest BCUT2D eigenvalue weighted by molar-refractivity contribution is 6.29. The fourth-order valence-corrected chi connectivity index (χ4v) is 3.00. The molecule has 3 heterocycles. The van der Waals surface area contributed by atoms with Gasteiger partial charge in [0.05, 0.1) is 11.9 Å². The number of nitrogens with two attached hydrogens (primary N) is 1. The first-order chi connectivity index (χ1) is 9.92. The fourth-order valence-electron chi connectivity index (χ4n) is 2.81. The van der Waals surface area contributed by atoms with E-state index >= 15 is 0 Å². The van der Waals surface area contributed by atoms with Crippen LogP contribution in [-0.2, 0) is 0 Å². The summed E-state index contributed by atoms with van der Waals surface area (Å²) in [5.74, 6) is 6.38. The first-order valence-corrected chi connectivity index (χ1v) is 7.27. The number of piperidine rings is 1. The van der Waals surface area contributed by atoms with Crippen molar-refractivity contribution in [2.75, 3.05) is 6.54 Å². The topological polar surface area (TPSA) is 83.2 Å². The Bertz CT molecular complexity index is 729. The average Bonchev–Trinajstić information content (AvgIpc) is 2.84. The van der Waals surface area contributed by atoms with Gasteiger partial charge >= 0.3 is 0 Å². The lowest BCUT2D eigenvalue weighted by molar-refractivity contribution is 0.0637. The number of hydrogen-bond donors (Lipinski definition) is 1. The van der Waals surface area contributed by atoms with E-state index in [1.807, 2.05) is 11.1 Å². The van der Waals surface area contributed by atoms with Gasteiger partial charge in [0, 0.05) is 18.0 Å². The Hall–Kier alpha value is -1.68. The minimum atomic E-state index is -0.00558. The minimum Gasteiger partial charge on any atom is -0.268 e. The van der Waals surface area contributed by atoms with Crippen molar-refractivity contribution in [2.45, 2.75) is 38.1 Å². The van der Waals surface area contributed by atoms with E-state index in [1.165, 1.54) is 6.20 Å². The molecule has 0 aromatic carbocycles. The van der Waals surface area contributed by atoms with Crippen LogP contribution in [0.4, 0.5) is 0 Å². The molecule has 21 heavy (non-hydrogen) atoms. The summed E-state index contributed by atoms with van der Waals surface area (Å²) in [5.41, 5.74) is 1.89. The van der Waals surface area contributed by atoms with Crippen molar-refractivity contribution in [1.29, 1.82) is 5.26 Å². The Morgan fingerprint density at radius 1 is 1.52 bits per heavy atom. The van der Waals surface area contributed by atoms with Gasteiger partial charge in [-0.1, -0.05) is 11.6 Å². The van der Waals surface area contributed by atoms with Crippen molar-refractivity contribution in [2.24, 2.45) is 5.84 Å². The van der Waals surface area contributed by atoms with E-state index < -0.39 is 0 Å². The summed E-state index contributed by atoms with van der Waals surface area (Å²) >= 11 is 6.11. The number of hydrogen-bond acceptors (Lipinski definition) is 5. The number of aromatic nitrogens is 3. The number of fused-ring (bicyclic) bond motifs is 1. The van der Waals surface area contributed by atoms with Crippen LogP contribution in [0.3, 0.4) is 0 Å². The normalized spacial score (nSPS) is 22.3. The van der Waals surface area contributed by atoms with Crippen LogP contribution in [0.25, 0.3) is 5.65 Å². The quantitative estimate of drug-likeness (QED) is 0.644. The molecule has 0 amide bonds. The molecule has 0 radical (unpaired) electrons. The van der Waals surface area contributed by atoms with Crippen LogP contribution in [0.15, 0.2) is 12.3 Å². The minimum absolute atomic E-state index is 0.00558. The third-order valence-corrected chi connectivity index (χ3v) is 4.50. The van der Waals surface area contributed by atoms with E-state index in [2.05, 4.69) is 30.0 Å². The lowest BCUT2D eigenvalue weighted by Gasteiger charge is -2.42. The van der Waals surface area contributed by atoms with Crippen molar-refractivity contribution in [3.8, 4) is 6.07 Å². The summed E-state index contributed by atoms with van der Waals surface area (Å²) in [7, 11) is 0. The Kier molecular flexibility index (Phi) is 3.36. The molecule has 0 aliphatic carbocycles. The van der Waals surface area contributed by atoms with E-state index in [9.17, 15) is 0 Å². The summed E-state index contributed by atoms with van der Waals surface area (Å²) in [6.07, 6.45) is 3.51. The van der Waals surface area contributed by atoms with E-state index in [-0.39, 0.29) is 11.5 Å². The average molecular weight is 305 g/mol. The molecule has 2 N–H and O–H groups in total. The highest BCUT2D eigenvalue weighted by atomic mass is 35.5. The fraction of sp³-hybridized carbons (Fsp3) is 0.500. The highest BCUT2D eigenvalue weighted by Gasteiger charge is 2.34. The second-order valence-corrected chi connectivity index (χ2v) is 6.50. The van der Waals surface area contributed by atoms with Gasteiger partial charge in [-0.2, -0.15) is 10.4 Å². The van der Waals surface area contributed by atoms with Crippen molar-refractivity contribution >= 4 is 17.2 Å². The summed E-state index contributed by atoms with van der Waals surface area (Å²) < 4.78 is 1.71. The summed E-state index contributed by atoms with van der Waals surface area (Å²) in [6, 6.07) is 3.91. The molecule has 1 aliphatic heterocycles. The highest BCUT2D eigenvalue weighted by Crippen LogP contribution is 2.34. The molecular weight excluding hydrogens is 288 g/mol. The predicted molar refractivity (Wildman–Crippen MR) is 79.7 cm³/mol. The van der Waals surface area contributed by atoms with Crippen LogP contribution in [0, 0.1) is 11.3 Å². The molecule has 1 unspecified atom stereocenters. The van der Waals surface area contributed by atoms with Crippen molar-refractivity contribution in [3.05, 3.63) is 28.7 Å². The third-order valence-electron chi connectivity index (χ3n) is 4.31. The molecule has 110 valence electrons. The van der Waals surface area contributed by atoms with Gasteiger partial charge in [-0.25, -0.2) is 14.5 Å². The van der Waals surface area contributed by atoms with E-state index in [1.54, 1.807) is 4.52 Å². The lowest BCUT2D eigenvalue weighted by Crippen LogP contribution is -2.53. The Morgan fingerprint density at radius 3 is 2.95 bits per heavy atom. The zero-order valence-corrected chi connectivity index (χ0v) is 12.8. The Morgan fingerprint density at radius 2 is 2.29 bits per heavy atom. The number of rotatable bonds is 1. The van der Waals surface area contributed by atoms with Crippen molar-refractivity contribution < 1.29 is 0 Å². The number of halogens is 1. The molecule has 6 nitrogen and oxygen atoms in total. The van der Waals surface area contributed by atoms with Gasteiger partial charge in [0.1, 0.15) is 16.8 Å². The molecule has 0 bridgehead atoms. The molecule has 0 saturated carbocycles. The van der Waals surface area contributed by atoms with E-state index in [0.29, 0.717) is 16.4 Å². The van der Waals surface area contributed by atoms with Gasteiger partial charge in [-0.3, -0.25) is 5.84 Å². The zero-order chi connectivity index (χ0) is 15.2. The van der Waals surface area contributed by atoms with Crippen LogP contribution in [0.1, 0.15) is 43.9 Å². The molecule has 1 atom stereocenters. The maximum atomic E-state index is 9.11. The molecule has 3 rings (SSSR count). The zero-order valence-electron chi connectivity index (χ0n) is 12.0. The molecule has 7 heteroatoms. The van der Waals surface area contributed by atoms with Crippen LogP contribution in [0.5, 0.6) is 0 Å². The van der Waals surface area contributed by atoms with Gasteiger partial charge in [-0.05, 0) is 32.8 Å². The van der Waals surface area contributed by atoms with Gasteiger partial charge in [0.25, 0.3) is 0 Å². The standard InChI is InChI=1S/C14H17ClN6/c1-14(2)4-3-9(8-20(14)17)11-5-12(15)19-13-10(6-16)7-18-21(11)13/h5,7,9H,3-4,8,17H2,1-2H3. The van der Waals surface area contributed by atoms with Crippen LogP contribution in [0.2, 0.25) is 5.15 Å². The summed E-state index contributed by atoms with van der Waals surface area (Å²) in [6.45, 7) is 5.00. The largest absolute Gasteiger partial charge is 0.268 e. The van der Waals surface area contributed by atoms with Gasteiger partial charge < -0.3 is 0 Å². The number of nitriles is 1. The maximum absolute atomic E-state index is 9.11. The van der Waals surface area contributed by atoms with Crippen LogP contribution < -0.4 is 5.84 Å². The van der Waals surface area contributed by atoms with Gasteiger partial charge in [-0.15, -0.1) is 0 Å². The second kappa shape index (κ2) is 4.95. The smallest absolute Gasteiger partial charge is 0.174 e. The monoisotopic (exact) mass is 304 g/mol. The first kappa shape index (κ1) is 14.3. The lowest BCUT2D eigenvalue weighted by atomic mass is 9.84. The predicted octanol–water partition coefficient (Wildman–Crippen LogP) is 2.09. The Balaban J connectivity index is 2.05. The molecule has 2 aromatic rings. The summed E-state index contributed by atoms with van der Waals surface area (Å²) in [5, 5.41) is 15.6. The van der Waals surface area contributed by atoms with Crippen molar-refractivity contribution in [1.82, 2.24) is 19.6 Å². The molecule has 2 aromatic heterocycles. The van der Waals surface area contributed by atoms with Gasteiger partial charge in [0.2, 0.25) is 0 Å². The second-order valence-electron chi connectivity index (χ2n) is 6.11.